The molecular formula is C16H13IN2O2S. The van der Waals surface area contributed by atoms with Crippen molar-refractivity contribution in [2.45, 2.75) is 0 Å². The van der Waals surface area contributed by atoms with Crippen LogP contribution in [0, 0.1) is 10.1 Å². The molecule has 0 radical (unpaired) electrons. The fourth-order valence-electron chi connectivity index (χ4n) is 2.18. The van der Waals surface area contributed by atoms with E-state index in [2.05, 4.69) is 16.7 Å². The fraction of sp³-hybridized carbons (Fsp3) is 0.0625. The van der Waals surface area contributed by atoms with Gasteiger partial charge in [-0.2, -0.15) is 4.57 Å². The molecule has 1 heterocycles. The minimum absolute atomic E-state index is 0. The molecule has 0 atom stereocenters. The van der Waals surface area contributed by atoms with E-state index in [1.165, 1.54) is 16.3 Å². The Balaban J connectivity index is 0.00000176. The van der Waals surface area contributed by atoms with E-state index >= 15 is 0 Å². The molecule has 4 nitrogen and oxygen atoms in total. The molecule has 0 saturated carbocycles. The van der Waals surface area contributed by atoms with E-state index in [9.17, 15) is 10.1 Å². The van der Waals surface area contributed by atoms with Crippen molar-refractivity contribution in [2.24, 2.45) is 7.05 Å². The zero-order chi connectivity index (χ0) is 14.8. The van der Waals surface area contributed by atoms with Crippen molar-refractivity contribution in [3.63, 3.8) is 0 Å². The Labute approximate surface area is 148 Å². The van der Waals surface area contributed by atoms with Crippen molar-refractivity contribution < 1.29 is 33.5 Å². The highest BCUT2D eigenvalue weighted by atomic mass is 127. The second-order valence-electron chi connectivity index (χ2n) is 4.65. The summed E-state index contributed by atoms with van der Waals surface area (Å²) in [6.45, 7) is 0. The molecule has 0 amide bonds. The number of halogens is 1. The third-order valence-electron chi connectivity index (χ3n) is 3.27. The van der Waals surface area contributed by atoms with Gasteiger partial charge in [-0.25, -0.2) is 0 Å². The van der Waals surface area contributed by atoms with Crippen molar-refractivity contribution in [1.82, 2.24) is 0 Å². The van der Waals surface area contributed by atoms with Gasteiger partial charge in [0, 0.05) is 24.3 Å². The van der Waals surface area contributed by atoms with Crippen LogP contribution in [0.25, 0.3) is 22.4 Å². The van der Waals surface area contributed by atoms with E-state index < -0.39 is 0 Å². The molecular weight excluding hydrogens is 411 g/mol. The van der Waals surface area contributed by atoms with Crippen LogP contribution in [0.3, 0.4) is 0 Å². The summed E-state index contributed by atoms with van der Waals surface area (Å²) in [6, 6.07) is 14.8. The van der Waals surface area contributed by atoms with E-state index in [0.717, 1.165) is 10.6 Å². The monoisotopic (exact) mass is 424 g/mol. The molecule has 0 bridgehead atoms. The smallest absolute Gasteiger partial charge is 0.270 e. The average molecular weight is 424 g/mol. The highest BCUT2D eigenvalue weighted by Crippen LogP contribution is 2.22. The number of fused-ring (bicyclic) bond motifs is 1. The first-order valence-electron chi connectivity index (χ1n) is 6.45. The lowest BCUT2D eigenvalue weighted by Crippen LogP contribution is -3.00. The van der Waals surface area contributed by atoms with E-state index in [1.807, 2.05) is 37.4 Å². The number of nitro groups is 1. The zero-order valence-corrected chi connectivity index (χ0v) is 14.7. The number of nitrogens with zero attached hydrogens (tertiary/aromatic N) is 2. The minimum Gasteiger partial charge on any atom is -1.00 e. The lowest BCUT2D eigenvalue weighted by Gasteiger charge is -1.93. The number of thiazole rings is 1. The molecule has 0 unspecified atom stereocenters. The predicted molar refractivity (Wildman–Crippen MR) is 85.0 cm³/mol. The van der Waals surface area contributed by atoms with Crippen LogP contribution < -0.4 is 28.5 Å². The number of rotatable bonds is 3. The van der Waals surface area contributed by atoms with Crippen LogP contribution in [-0.4, -0.2) is 4.92 Å². The maximum atomic E-state index is 10.8. The van der Waals surface area contributed by atoms with Gasteiger partial charge in [0.05, 0.1) is 4.92 Å². The molecule has 0 N–H and O–H groups in total. The molecule has 22 heavy (non-hydrogen) atoms. The normalized spacial score (nSPS) is 10.8. The first-order chi connectivity index (χ1) is 10.1. The van der Waals surface area contributed by atoms with Gasteiger partial charge in [0.2, 0.25) is 5.52 Å². The zero-order valence-electron chi connectivity index (χ0n) is 11.8. The second-order valence-corrected chi connectivity index (χ2v) is 5.71. The largest absolute Gasteiger partial charge is 1.00 e. The van der Waals surface area contributed by atoms with Crippen molar-refractivity contribution in [3.05, 3.63) is 69.2 Å². The van der Waals surface area contributed by atoms with Crippen molar-refractivity contribution >= 4 is 39.4 Å². The van der Waals surface area contributed by atoms with E-state index in [-0.39, 0.29) is 34.6 Å². The molecule has 3 rings (SSSR count). The molecule has 1 aromatic heterocycles. The standard InChI is InChI=1S/C16H13N2O2S.HI/c1-17-14-7-2-3-8-15(14)21-16(17)10-9-12-5-4-6-13(11-12)18(19)20;/h2-11H,1H3;1H/q+1;/p-1/b10-9+;. The molecule has 0 fully saturated rings. The number of benzene rings is 2. The van der Waals surface area contributed by atoms with Gasteiger partial charge in [-0.05, 0) is 17.7 Å². The van der Waals surface area contributed by atoms with Crippen molar-refractivity contribution in [3.8, 4) is 0 Å². The molecule has 0 spiro atoms. The highest BCUT2D eigenvalue weighted by molar-refractivity contribution is 7.18. The van der Waals surface area contributed by atoms with Crippen LogP contribution in [0.15, 0.2) is 48.5 Å². The van der Waals surface area contributed by atoms with Crippen molar-refractivity contribution in [1.29, 1.82) is 0 Å². The summed E-state index contributed by atoms with van der Waals surface area (Å²) in [7, 11) is 2.02. The summed E-state index contributed by atoms with van der Waals surface area (Å²) in [5.74, 6) is 0. The van der Waals surface area contributed by atoms with Gasteiger partial charge < -0.3 is 24.0 Å². The third kappa shape index (κ3) is 3.33. The average Bonchev–Trinajstić information content (AvgIpc) is 2.82. The highest BCUT2D eigenvalue weighted by Gasteiger charge is 2.13. The first kappa shape index (κ1) is 16.6. The number of aromatic nitrogens is 1. The molecule has 112 valence electrons. The van der Waals surface area contributed by atoms with Crippen LogP contribution in [0.4, 0.5) is 5.69 Å². The van der Waals surface area contributed by atoms with Crippen LogP contribution in [-0.2, 0) is 7.05 Å². The summed E-state index contributed by atoms with van der Waals surface area (Å²) in [6.07, 6.45) is 3.89. The molecule has 6 heteroatoms. The number of hydrogen-bond acceptors (Lipinski definition) is 3. The maximum Gasteiger partial charge on any atom is 0.270 e. The van der Waals surface area contributed by atoms with Crippen LogP contribution in [0.2, 0.25) is 0 Å². The number of nitro benzene ring substituents is 1. The van der Waals surface area contributed by atoms with Crippen LogP contribution in [0.1, 0.15) is 10.6 Å². The molecule has 0 aliphatic heterocycles. The molecule has 0 aliphatic carbocycles. The Morgan fingerprint density at radius 3 is 2.64 bits per heavy atom. The van der Waals surface area contributed by atoms with Crippen molar-refractivity contribution in [2.75, 3.05) is 0 Å². The van der Waals surface area contributed by atoms with E-state index in [4.69, 9.17) is 0 Å². The summed E-state index contributed by atoms with van der Waals surface area (Å²) in [5, 5.41) is 11.9. The van der Waals surface area contributed by atoms with Gasteiger partial charge in [-0.3, -0.25) is 10.1 Å². The summed E-state index contributed by atoms with van der Waals surface area (Å²) >= 11 is 1.70. The number of hydrogen-bond donors (Lipinski definition) is 0. The van der Waals surface area contributed by atoms with Crippen LogP contribution in [0.5, 0.6) is 0 Å². The first-order valence-corrected chi connectivity index (χ1v) is 7.27. The van der Waals surface area contributed by atoms with Gasteiger partial charge in [0.15, 0.2) is 0 Å². The van der Waals surface area contributed by atoms with E-state index in [0.29, 0.717) is 0 Å². The van der Waals surface area contributed by atoms with Gasteiger partial charge in [0.25, 0.3) is 10.7 Å². The lowest BCUT2D eigenvalue weighted by molar-refractivity contribution is -0.642. The maximum absolute atomic E-state index is 10.8. The number of aryl methyl sites for hydroxylation is 1. The second kappa shape index (κ2) is 6.97. The predicted octanol–water partition coefficient (Wildman–Crippen LogP) is 0.808. The Morgan fingerprint density at radius 1 is 1.14 bits per heavy atom. The Hall–Kier alpha value is -1.80. The Bertz CT molecular complexity index is 858. The topological polar surface area (TPSA) is 47.0 Å². The van der Waals surface area contributed by atoms with Gasteiger partial charge >= 0.3 is 0 Å². The SMILES string of the molecule is C[n+]1c(/C=C/c2cccc([N+](=O)[O-])c2)sc2ccccc21.[I-]. The fourth-order valence-corrected chi connectivity index (χ4v) is 3.23. The number of non-ortho nitro benzene ring substituents is 1. The van der Waals surface area contributed by atoms with Gasteiger partial charge in [-0.1, -0.05) is 35.6 Å². The quantitative estimate of drug-likeness (QED) is 0.271. The third-order valence-corrected chi connectivity index (χ3v) is 4.46. The minimum atomic E-state index is -0.378. The molecule has 2 aromatic carbocycles. The summed E-state index contributed by atoms with van der Waals surface area (Å²) in [4.78, 5) is 10.4. The molecule has 3 aromatic rings. The molecule has 0 saturated heterocycles. The molecule has 0 aliphatic rings. The Morgan fingerprint density at radius 2 is 1.91 bits per heavy atom. The van der Waals surface area contributed by atoms with Gasteiger partial charge in [-0.15, -0.1) is 0 Å². The van der Waals surface area contributed by atoms with Crippen LogP contribution >= 0.6 is 11.3 Å². The Kier molecular flexibility index (Phi) is 5.25. The summed E-state index contributed by atoms with van der Waals surface area (Å²) in [5.41, 5.74) is 2.11. The van der Waals surface area contributed by atoms with E-state index in [1.54, 1.807) is 23.5 Å². The summed E-state index contributed by atoms with van der Waals surface area (Å²) < 4.78 is 3.34. The number of para-hydroxylation sites is 1. The lowest BCUT2D eigenvalue weighted by atomic mass is 10.2. The van der Waals surface area contributed by atoms with Gasteiger partial charge in [0.1, 0.15) is 11.7 Å².